The second kappa shape index (κ2) is 9.78. The summed E-state index contributed by atoms with van der Waals surface area (Å²) in [6, 6.07) is 8.69. The minimum atomic E-state index is -0.703. The molecular weight excluding hydrogens is 390 g/mol. The highest BCUT2D eigenvalue weighted by Gasteiger charge is 2.15. The Labute approximate surface area is 173 Å². The highest BCUT2D eigenvalue weighted by Crippen LogP contribution is 2.15. The summed E-state index contributed by atoms with van der Waals surface area (Å²) < 4.78 is 6.26. The molecule has 1 aromatic carbocycles. The van der Waals surface area contributed by atoms with E-state index in [1.54, 1.807) is 24.3 Å². The highest BCUT2D eigenvalue weighted by molar-refractivity contribution is 7.17. The van der Waals surface area contributed by atoms with Crippen LogP contribution >= 0.6 is 11.3 Å². The second-order valence-corrected chi connectivity index (χ2v) is 7.84. The molecule has 3 rings (SSSR count). The number of carbonyl (C=O) groups is 1. The fourth-order valence-electron chi connectivity index (χ4n) is 3.09. The third-order valence-corrected chi connectivity index (χ3v) is 5.35. The molecule has 3 aromatic rings. The Hall–Kier alpha value is -2.55. The molecule has 29 heavy (non-hydrogen) atoms. The van der Waals surface area contributed by atoms with Crippen LogP contribution in [-0.2, 0) is 6.54 Å². The van der Waals surface area contributed by atoms with E-state index in [1.807, 2.05) is 16.3 Å². The summed E-state index contributed by atoms with van der Waals surface area (Å²) >= 11 is 1.37. The second-order valence-electron chi connectivity index (χ2n) is 6.93. The number of fused-ring (bicyclic) bond motifs is 1. The molecule has 154 valence electrons. The van der Waals surface area contributed by atoms with Crippen LogP contribution < -0.4 is 10.3 Å². The van der Waals surface area contributed by atoms with Crippen LogP contribution in [0, 0.1) is 0 Å². The molecule has 0 saturated carbocycles. The van der Waals surface area contributed by atoms with E-state index in [1.165, 1.54) is 18.3 Å². The van der Waals surface area contributed by atoms with Gasteiger partial charge in [0.25, 0.3) is 5.56 Å². The van der Waals surface area contributed by atoms with Gasteiger partial charge in [0.1, 0.15) is 29.0 Å². The van der Waals surface area contributed by atoms with Crippen LogP contribution in [0.5, 0.6) is 5.75 Å². The van der Waals surface area contributed by atoms with Gasteiger partial charge in [-0.15, -0.1) is 11.3 Å². The lowest BCUT2D eigenvalue weighted by atomic mass is 10.1. The fourth-order valence-corrected chi connectivity index (χ4v) is 3.81. The molecule has 7 nitrogen and oxygen atoms in total. The van der Waals surface area contributed by atoms with Crippen LogP contribution in [0.25, 0.3) is 10.2 Å². The number of thiophene rings is 1. The topological polar surface area (TPSA) is 95.5 Å². The van der Waals surface area contributed by atoms with E-state index in [0.29, 0.717) is 40.4 Å². The number of nitrogens with zero attached hydrogens (tertiary/aromatic N) is 2. The fraction of sp³-hybridized carbons (Fsp3) is 0.381. The predicted molar refractivity (Wildman–Crippen MR) is 114 cm³/mol. The average molecular weight is 416 g/mol. The summed E-state index contributed by atoms with van der Waals surface area (Å²) in [6.07, 6.45) is 0.205. The van der Waals surface area contributed by atoms with Crippen molar-refractivity contribution in [1.82, 2.24) is 14.9 Å². The number of ketones is 1. The molecule has 0 bridgehead atoms. The number of hydrogen-bond acceptors (Lipinski definition) is 7. The van der Waals surface area contributed by atoms with Crippen molar-refractivity contribution in [3.05, 3.63) is 57.5 Å². The van der Waals surface area contributed by atoms with E-state index in [-0.39, 0.29) is 17.9 Å². The van der Waals surface area contributed by atoms with Crippen molar-refractivity contribution < 1.29 is 14.6 Å². The summed E-state index contributed by atoms with van der Waals surface area (Å²) in [5, 5.41) is 12.3. The van der Waals surface area contributed by atoms with Crippen molar-refractivity contribution >= 4 is 27.3 Å². The van der Waals surface area contributed by atoms with Gasteiger partial charge in [0, 0.05) is 12.1 Å². The maximum Gasteiger partial charge on any atom is 0.268 e. The molecule has 0 spiro atoms. The maximum atomic E-state index is 12.2. The van der Waals surface area contributed by atoms with Crippen molar-refractivity contribution in [3.63, 3.8) is 0 Å². The van der Waals surface area contributed by atoms with Gasteiger partial charge in [0.05, 0.1) is 12.1 Å². The van der Waals surface area contributed by atoms with E-state index in [4.69, 9.17) is 4.74 Å². The van der Waals surface area contributed by atoms with Crippen LogP contribution in [0.4, 0.5) is 0 Å². The van der Waals surface area contributed by atoms with Gasteiger partial charge in [-0.2, -0.15) is 0 Å². The van der Waals surface area contributed by atoms with Gasteiger partial charge in [-0.05, 0) is 55.6 Å². The van der Waals surface area contributed by atoms with Crippen molar-refractivity contribution in [2.45, 2.75) is 32.9 Å². The molecular formula is C21H25N3O4S. The maximum absolute atomic E-state index is 12.2. The summed E-state index contributed by atoms with van der Waals surface area (Å²) in [6.45, 7) is 5.30. The Morgan fingerprint density at radius 1 is 1.31 bits per heavy atom. The number of aromatic amines is 1. The standard InChI is InChI=1S/C21H25N3O4S/c1-3-9-24(12-19-22-18-8-10-29-20(18)21(27)23-19)11-16(26)13-28-17-6-4-15(5-7-17)14(2)25/h4-8,10,16,26H,3,9,11-13H2,1-2H3,(H,22,23,27). The predicted octanol–water partition coefficient (Wildman–Crippen LogP) is 2.84. The first-order chi connectivity index (χ1) is 14.0. The van der Waals surface area contributed by atoms with E-state index in [0.717, 1.165) is 13.0 Å². The lowest BCUT2D eigenvalue weighted by Crippen LogP contribution is -2.36. The number of ether oxygens (including phenoxy) is 1. The van der Waals surface area contributed by atoms with Gasteiger partial charge in [-0.1, -0.05) is 6.92 Å². The first-order valence-electron chi connectivity index (χ1n) is 9.57. The number of carbonyl (C=O) groups excluding carboxylic acids is 1. The smallest absolute Gasteiger partial charge is 0.268 e. The molecule has 1 unspecified atom stereocenters. The molecule has 0 saturated heterocycles. The largest absolute Gasteiger partial charge is 0.491 e. The number of H-pyrrole nitrogens is 1. The molecule has 1 atom stereocenters. The molecule has 8 heteroatoms. The quantitative estimate of drug-likeness (QED) is 0.495. The third-order valence-electron chi connectivity index (χ3n) is 4.45. The van der Waals surface area contributed by atoms with Crippen LogP contribution in [0.15, 0.2) is 40.5 Å². The minimum absolute atomic E-state index is 0.000850. The number of Topliss-reactive ketones (excluding diaryl/α,β-unsaturated/α-hetero) is 1. The number of hydrogen-bond donors (Lipinski definition) is 2. The number of aliphatic hydroxyl groups is 1. The van der Waals surface area contributed by atoms with Crippen LogP contribution in [0.3, 0.4) is 0 Å². The Morgan fingerprint density at radius 3 is 2.76 bits per heavy atom. The molecule has 0 aliphatic carbocycles. The molecule has 2 N–H and O–H groups in total. The third kappa shape index (κ3) is 5.72. The number of benzene rings is 1. The number of nitrogens with one attached hydrogen (secondary N) is 1. The van der Waals surface area contributed by atoms with Crippen molar-refractivity contribution in [1.29, 1.82) is 0 Å². The van der Waals surface area contributed by atoms with Gasteiger partial charge < -0.3 is 14.8 Å². The number of aliphatic hydroxyl groups excluding tert-OH is 1. The number of aromatic nitrogens is 2. The van der Waals surface area contributed by atoms with Gasteiger partial charge >= 0.3 is 0 Å². The zero-order chi connectivity index (χ0) is 20.8. The first-order valence-corrected chi connectivity index (χ1v) is 10.4. The van der Waals surface area contributed by atoms with Gasteiger partial charge in [0.15, 0.2) is 5.78 Å². The lowest BCUT2D eigenvalue weighted by molar-refractivity contribution is 0.0647. The monoisotopic (exact) mass is 415 g/mol. The summed E-state index contributed by atoms with van der Waals surface area (Å²) in [4.78, 5) is 32.9. The average Bonchev–Trinajstić information content (AvgIpc) is 3.16. The minimum Gasteiger partial charge on any atom is -0.491 e. The highest BCUT2D eigenvalue weighted by atomic mass is 32.1. The lowest BCUT2D eigenvalue weighted by Gasteiger charge is -2.24. The van der Waals surface area contributed by atoms with Crippen LogP contribution in [-0.4, -0.2) is 51.6 Å². The van der Waals surface area contributed by atoms with Gasteiger partial charge in [-0.3, -0.25) is 14.5 Å². The van der Waals surface area contributed by atoms with Crippen LogP contribution in [0.2, 0.25) is 0 Å². The van der Waals surface area contributed by atoms with E-state index in [2.05, 4.69) is 16.9 Å². The SMILES string of the molecule is CCCN(Cc1nc2ccsc2c(=O)[nH]1)CC(O)COc1ccc(C(C)=O)cc1. The Bertz CT molecular complexity index is 1010. The van der Waals surface area contributed by atoms with Crippen molar-refractivity contribution in [3.8, 4) is 5.75 Å². The van der Waals surface area contributed by atoms with Crippen molar-refractivity contribution in [2.24, 2.45) is 0 Å². The zero-order valence-corrected chi connectivity index (χ0v) is 17.4. The van der Waals surface area contributed by atoms with E-state index >= 15 is 0 Å². The summed E-state index contributed by atoms with van der Waals surface area (Å²) in [7, 11) is 0. The summed E-state index contributed by atoms with van der Waals surface area (Å²) in [5.74, 6) is 1.19. The van der Waals surface area contributed by atoms with E-state index in [9.17, 15) is 14.7 Å². The first kappa shape index (κ1) is 21.2. The number of rotatable bonds is 10. The molecule has 2 aromatic heterocycles. The van der Waals surface area contributed by atoms with Crippen LogP contribution in [0.1, 0.15) is 36.5 Å². The Balaban J connectivity index is 1.58. The summed E-state index contributed by atoms with van der Waals surface area (Å²) in [5.41, 5.74) is 1.19. The molecule has 2 heterocycles. The molecule has 0 aliphatic heterocycles. The molecule has 0 aliphatic rings. The van der Waals surface area contributed by atoms with E-state index < -0.39 is 6.10 Å². The Morgan fingerprint density at radius 2 is 2.07 bits per heavy atom. The van der Waals surface area contributed by atoms with Gasteiger partial charge in [0.2, 0.25) is 0 Å². The van der Waals surface area contributed by atoms with Crippen molar-refractivity contribution in [2.75, 3.05) is 19.7 Å². The van der Waals surface area contributed by atoms with Gasteiger partial charge in [-0.25, -0.2) is 4.98 Å². The molecule has 0 fully saturated rings. The zero-order valence-electron chi connectivity index (χ0n) is 16.6. The molecule has 0 radical (unpaired) electrons. The Kier molecular flexibility index (Phi) is 7.13. The molecule has 0 amide bonds. The normalized spacial score (nSPS) is 12.4.